The van der Waals surface area contributed by atoms with Gasteiger partial charge >= 0.3 is 0 Å². The number of aliphatic hydroxyl groups is 2. The zero-order chi connectivity index (χ0) is 16.4. The van der Waals surface area contributed by atoms with Crippen LogP contribution in [-0.2, 0) is 4.74 Å². The van der Waals surface area contributed by atoms with Crippen molar-refractivity contribution in [2.45, 2.75) is 71.0 Å². The van der Waals surface area contributed by atoms with Crippen molar-refractivity contribution in [1.82, 2.24) is 0 Å². The fraction of sp³-hybridized carbons (Fsp3) is 0.800. The highest BCUT2D eigenvalue weighted by molar-refractivity contribution is 5.42. The van der Waals surface area contributed by atoms with Crippen LogP contribution in [-0.4, -0.2) is 29.5 Å². The Morgan fingerprint density at radius 2 is 1.83 bits per heavy atom. The summed E-state index contributed by atoms with van der Waals surface area (Å²) in [6, 6.07) is 0. The maximum atomic E-state index is 10.6. The molecule has 0 radical (unpaired) electrons. The molecule has 23 heavy (non-hydrogen) atoms. The van der Waals surface area contributed by atoms with Gasteiger partial charge in [0.15, 0.2) is 0 Å². The minimum absolute atomic E-state index is 0.0193. The van der Waals surface area contributed by atoms with E-state index in [9.17, 15) is 10.2 Å². The minimum Gasteiger partial charge on any atom is -0.497 e. The van der Waals surface area contributed by atoms with Crippen LogP contribution in [0.25, 0.3) is 0 Å². The molecule has 0 amide bonds. The first kappa shape index (κ1) is 15.7. The third kappa shape index (κ3) is 2.02. The Bertz CT molecular complexity index is 577. The van der Waals surface area contributed by atoms with Crippen molar-refractivity contribution >= 4 is 0 Å². The predicted molar refractivity (Wildman–Crippen MR) is 89.6 cm³/mol. The van der Waals surface area contributed by atoms with Gasteiger partial charge in [-0.2, -0.15) is 0 Å². The largest absolute Gasteiger partial charge is 0.497 e. The lowest BCUT2D eigenvalue weighted by Gasteiger charge is -2.54. The summed E-state index contributed by atoms with van der Waals surface area (Å²) in [6.45, 7) is 4.67. The standard InChI is InChI=1S/C20H30O3/c1-19-8-6-13(21)10-12(19)11-16(23-3)18-14-4-5-17(22)20(14,2)9-7-15(18)19/h11,13-15,17,21-22H,4-10H2,1-3H3/t13?,14-,15+,17?,19-,20-/m0/s1. The van der Waals surface area contributed by atoms with Crippen LogP contribution >= 0.6 is 0 Å². The van der Waals surface area contributed by atoms with Crippen LogP contribution in [0.2, 0.25) is 0 Å². The van der Waals surface area contributed by atoms with Crippen LogP contribution < -0.4 is 0 Å². The van der Waals surface area contributed by atoms with Gasteiger partial charge in [-0.15, -0.1) is 0 Å². The Labute approximate surface area is 139 Å². The van der Waals surface area contributed by atoms with E-state index in [0.717, 1.165) is 50.7 Å². The molecular formula is C20H30O3. The van der Waals surface area contributed by atoms with E-state index in [1.165, 1.54) is 11.1 Å². The van der Waals surface area contributed by atoms with E-state index in [0.29, 0.717) is 11.8 Å². The van der Waals surface area contributed by atoms with Gasteiger partial charge in [-0.1, -0.05) is 19.4 Å². The lowest BCUT2D eigenvalue weighted by molar-refractivity contribution is -0.00248. The summed E-state index contributed by atoms with van der Waals surface area (Å²) < 4.78 is 5.82. The van der Waals surface area contributed by atoms with Crippen molar-refractivity contribution in [3.8, 4) is 0 Å². The highest BCUT2D eigenvalue weighted by atomic mass is 16.5. The topological polar surface area (TPSA) is 49.7 Å². The first-order valence-electron chi connectivity index (χ1n) is 9.25. The normalized spacial score (nSPS) is 49.2. The van der Waals surface area contributed by atoms with Crippen molar-refractivity contribution in [2.75, 3.05) is 7.11 Å². The van der Waals surface area contributed by atoms with Crippen molar-refractivity contribution in [3.63, 3.8) is 0 Å². The number of fused-ring (bicyclic) bond motifs is 5. The highest BCUT2D eigenvalue weighted by Gasteiger charge is 2.57. The van der Waals surface area contributed by atoms with Crippen molar-refractivity contribution in [2.24, 2.45) is 22.7 Å². The summed E-state index contributed by atoms with van der Waals surface area (Å²) >= 11 is 0. The fourth-order valence-corrected chi connectivity index (χ4v) is 6.18. The molecule has 2 unspecified atom stereocenters. The highest BCUT2D eigenvalue weighted by Crippen LogP contribution is 2.64. The van der Waals surface area contributed by atoms with E-state index in [4.69, 9.17) is 4.74 Å². The Balaban J connectivity index is 1.83. The molecular weight excluding hydrogens is 288 g/mol. The number of ether oxygens (including phenoxy) is 1. The number of methoxy groups -OCH3 is 1. The Hall–Kier alpha value is -0.800. The SMILES string of the molecule is COC1=C2[C@@H](CC[C@]3(C)C(O)CC[C@@H]23)[C@@]2(C)CCC(O)CC2=C1. The molecule has 0 aliphatic heterocycles. The average molecular weight is 318 g/mol. The molecule has 3 fully saturated rings. The molecule has 0 aromatic carbocycles. The van der Waals surface area contributed by atoms with Crippen molar-refractivity contribution in [1.29, 1.82) is 0 Å². The summed E-state index contributed by atoms with van der Waals surface area (Å²) in [7, 11) is 1.77. The monoisotopic (exact) mass is 318 g/mol. The fourth-order valence-electron chi connectivity index (χ4n) is 6.18. The number of hydrogen-bond acceptors (Lipinski definition) is 3. The summed E-state index contributed by atoms with van der Waals surface area (Å²) in [4.78, 5) is 0. The molecule has 0 spiro atoms. The average Bonchev–Trinajstić information content (AvgIpc) is 2.83. The molecule has 4 aliphatic carbocycles. The molecule has 0 saturated heterocycles. The predicted octanol–water partition coefficient (Wildman–Crippen LogP) is 3.57. The van der Waals surface area contributed by atoms with Crippen LogP contribution in [0.15, 0.2) is 23.0 Å². The third-order valence-corrected chi connectivity index (χ3v) is 7.77. The number of aliphatic hydroxyl groups excluding tert-OH is 2. The molecule has 0 aromatic rings. The lowest BCUT2D eigenvalue weighted by Crippen LogP contribution is -2.47. The second kappa shape index (κ2) is 5.10. The van der Waals surface area contributed by atoms with Crippen LogP contribution in [0, 0.1) is 22.7 Å². The zero-order valence-electron chi connectivity index (χ0n) is 14.6. The van der Waals surface area contributed by atoms with Crippen LogP contribution in [0.1, 0.15) is 58.8 Å². The van der Waals surface area contributed by atoms with Crippen LogP contribution in [0.3, 0.4) is 0 Å². The Morgan fingerprint density at radius 3 is 2.57 bits per heavy atom. The second-order valence-electron chi connectivity index (χ2n) is 8.75. The summed E-state index contributed by atoms with van der Waals surface area (Å²) in [5.41, 5.74) is 3.04. The second-order valence-corrected chi connectivity index (χ2v) is 8.75. The van der Waals surface area contributed by atoms with E-state index in [2.05, 4.69) is 19.9 Å². The molecule has 3 saturated carbocycles. The molecule has 4 aliphatic rings. The van der Waals surface area contributed by atoms with E-state index in [-0.39, 0.29) is 23.0 Å². The van der Waals surface area contributed by atoms with Gasteiger partial charge in [0.25, 0.3) is 0 Å². The number of allylic oxidation sites excluding steroid dienone is 2. The van der Waals surface area contributed by atoms with Gasteiger partial charge < -0.3 is 14.9 Å². The quantitative estimate of drug-likeness (QED) is 0.777. The lowest BCUT2D eigenvalue weighted by atomic mass is 9.51. The van der Waals surface area contributed by atoms with E-state index in [1.807, 2.05) is 0 Å². The number of hydrogen-bond donors (Lipinski definition) is 2. The minimum atomic E-state index is -0.198. The van der Waals surface area contributed by atoms with E-state index < -0.39 is 0 Å². The molecule has 6 atom stereocenters. The van der Waals surface area contributed by atoms with Gasteiger partial charge in [0.1, 0.15) is 5.76 Å². The summed E-state index contributed by atoms with van der Waals surface area (Å²) in [6.07, 6.45) is 8.86. The molecule has 0 heterocycles. The Kier molecular flexibility index (Phi) is 3.48. The van der Waals surface area contributed by atoms with E-state index in [1.54, 1.807) is 7.11 Å². The van der Waals surface area contributed by atoms with Crippen LogP contribution in [0.5, 0.6) is 0 Å². The molecule has 0 aromatic heterocycles. The Morgan fingerprint density at radius 1 is 1.04 bits per heavy atom. The smallest absolute Gasteiger partial charge is 0.118 e. The van der Waals surface area contributed by atoms with Crippen molar-refractivity contribution in [3.05, 3.63) is 23.0 Å². The van der Waals surface area contributed by atoms with Gasteiger partial charge in [0, 0.05) is 5.41 Å². The molecule has 3 nitrogen and oxygen atoms in total. The van der Waals surface area contributed by atoms with Gasteiger partial charge in [0.05, 0.1) is 19.3 Å². The third-order valence-electron chi connectivity index (χ3n) is 7.77. The molecule has 2 N–H and O–H groups in total. The summed E-state index contributed by atoms with van der Waals surface area (Å²) in [5, 5.41) is 20.7. The molecule has 3 heteroatoms. The van der Waals surface area contributed by atoms with Crippen molar-refractivity contribution < 1.29 is 14.9 Å². The first-order valence-corrected chi connectivity index (χ1v) is 9.25. The van der Waals surface area contributed by atoms with Gasteiger partial charge in [-0.3, -0.25) is 0 Å². The maximum absolute atomic E-state index is 10.6. The maximum Gasteiger partial charge on any atom is 0.118 e. The zero-order valence-corrected chi connectivity index (χ0v) is 14.6. The van der Waals surface area contributed by atoms with Crippen LogP contribution in [0.4, 0.5) is 0 Å². The van der Waals surface area contributed by atoms with Gasteiger partial charge in [-0.05, 0) is 73.8 Å². The summed E-state index contributed by atoms with van der Waals surface area (Å²) in [5.74, 6) is 2.00. The van der Waals surface area contributed by atoms with E-state index >= 15 is 0 Å². The molecule has 4 rings (SSSR count). The van der Waals surface area contributed by atoms with Gasteiger partial charge in [-0.25, -0.2) is 0 Å². The molecule has 0 bridgehead atoms. The first-order chi connectivity index (χ1) is 10.9. The van der Waals surface area contributed by atoms with Gasteiger partial charge in [0.2, 0.25) is 0 Å². The number of rotatable bonds is 1. The molecule has 128 valence electrons.